The van der Waals surface area contributed by atoms with Gasteiger partial charge in [0.15, 0.2) is 0 Å². The molecule has 1 fully saturated rings. The minimum atomic E-state index is -4.53. The highest BCUT2D eigenvalue weighted by molar-refractivity contribution is 7.89. The van der Waals surface area contributed by atoms with Gasteiger partial charge in [-0.1, -0.05) is 20.8 Å². The van der Waals surface area contributed by atoms with Crippen molar-refractivity contribution in [2.75, 3.05) is 25.5 Å². The third-order valence-electron chi connectivity index (χ3n) is 2.37. The molecule has 112 valence electrons. The van der Waals surface area contributed by atoms with Crippen LogP contribution in [-0.4, -0.2) is 55.2 Å². The predicted octanol–water partition coefficient (Wildman–Crippen LogP) is 1.03. The molecule has 0 atom stereocenters. The van der Waals surface area contributed by atoms with Gasteiger partial charge in [-0.15, -0.1) is 0 Å². The highest BCUT2D eigenvalue weighted by Gasteiger charge is 2.41. The molecule has 0 unspecified atom stereocenters. The summed E-state index contributed by atoms with van der Waals surface area (Å²) in [4.78, 5) is 11.9. The molecule has 1 amide bonds. The van der Waals surface area contributed by atoms with Crippen LogP contribution in [0.5, 0.6) is 0 Å². The minimum absolute atomic E-state index is 0.215. The standard InChI is InChI=1S/C10H17F3N2O3S/c1-9(2,3)6-19(17,18)15-4-8(16)14(7-15)5-10(11,12)13/h4-7H2,1-3H3. The van der Waals surface area contributed by atoms with Crippen LogP contribution in [0, 0.1) is 5.41 Å². The fourth-order valence-electron chi connectivity index (χ4n) is 1.75. The number of sulfonamides is 1. The largest absolute Gasteiger partial charge is 0.406 e. The summed E-state index contributed by atoms with van der Waals surface area (Å²) < 4.78 is 61.4. The molecule has 0 spiro atoms. The Morgan fingerprint density at radius 2 is 1.74 bits per heavy atom. The normalized spacial score (nSPS) is 19.3. The lowest BCUT2D eigenvalue weighted by Crippen LogP contribution is -2.39. The maximum Gasteiger partial charge on any atom is 0.406 e. The van der Waals surface area contributed by atoms with Crippen molar-refractivity contribution < 1.29 is 26.4 Å². The van der Waals surface area contributed by atoms with E-state index in [4.69, 9.17) is 0 Å². The quantitative estimate of drug-likeness (QED) is 0.782. The van der Waals surface area contributed by atoms with Crippen LogP contribution in [0.4, 0.5) is 13.2 Å². The van der Waals surface area contributed by atoms with Crippen molar-refractivity contribution >= 4 is 15.9 Å². The molecular formula is C10H17F3N2O3S. The number of rotatable bonds is 3. The Balaban J connectivity index is 2.77. The van der Waals surface area contributed by atoms with Gasteiger partial charge >= 0.3 is 6.18 Å². The Hall–Kier alpha value is -0.830. The Bertz CT molecular complexity index is 454. The molecule has 1 aliphatic rings. The zero-order valence-corrected chi connectivity index (χ0v) is 11.8. The zero-order chi connectivity index (χ0) is 15.1. The molecule has 19 heavy (non-hydrogen) atoms. The van der Waals surface area contributed by atoms with Crippen LogP contribution in [0.25, 0.3) is 0 Å². The van der Waals surface area contributed by atoms with E-state index in [1.807, 2.05) is 0 Å². The van der Waals surface area contributed by atoms with E-state index in [1.165, 1.54) is 0 Å². The van der Waals surface area contributed by atoms with Crippen LogP contribution in [0.3, 0.4) is 0 Å². The van der Waals surface area contributed by atoms with Gasteiger partial charge in [-0.05, 0) is 5.41 Å². The van der Waals surface area contributed by atoms with Crippen LogP contribution in [0.2, 0.25) is 0 Å². The average Bonchev–Trinajstić information content (AvgIpc) is 2.41. The molecule has 0 bridgehead atoms. The molecule has 0 aromatic rings. The first-order chi connectivity index (χ1) is 8.30. The van der Waals surface area contributed by atoms with Gasteiger partial charge in [-0.3, -0.25) is 4.79 Å². The second-order valence-corrected chi connectivity index (χ2v) is 7.74. The van der Waals surface area contributed by atoms with Crippen LogP contribution in [-0.2, 0) is 14.8 Å². The number of hydrogen-bond acceptors (Lipinski definition) is 3. The maximum atomic E-state index is 12.2. The van der Waals surface area contributed by atoms with E-state index < -0.39 is 47.3 Å². The number of carbonyl (C=O) groups is 1. The van der Waals surface area contributed by atoms with E-state index in [2.05, 4.69) is 0 Å². The number of carbonyl (C=O) groups excluding carboxylic acids is 1. The van der Waals surface area contributed by atoms with Gasteiger partial charge in [-0.2, -0.15) is 17.5 Å². The molecule has 1 rings (SSSR count). The van der Waals surface area contributed by atoms with Crippen molar-refractivity contribution in [3.63, 3.8) is 0 Å². The van der Waals surface area contributed by atoms with Crippen LogP contribution in [0.1, 0.15) is 20.8 Å². The smallest absolute Gasteiger partial charge is 0.318 e. The van der Waals surface area contributed by atoms with Gasteiger partial charge in [0.1, 0.15) is 6.54 Å². The number of amides is 1. The zero-order valence-electron chi connectivity index (χ0n) is 11.0. The molecule has 0 aromatic heterocycles. The molecule has 0 N–H and O–H groups in total. The molecular weight excluding hydrogens is 285 g/mol. The van der Waals surface area contributed by atoms with E-state index in [0.717, 1.165) is 4.31 Å². The van der Waals surface area contributed by atoms with E-state index in [9.17, 15) is 26.4 Å². The van der Waals surface area contributed by atoms with Crippen LogP contribution in [0.15, 0.2) is 0 Å². The lowest BCUT2D eigenvalue weighted by molar-refractivity contribution is -0.157. The maximum absolute atomic E-state index is 12.2. The van der Waals surface area contributed by atoms with Crippen molar-refractivity contribution in [1.82, 2.24) is 9.21 Å². The number of hydrogen-bond donors (Lipinski definition) is 0. The number of halogens is 3. The van der Waals surface area contributed by atoms with Crippen molar-refractivity contribution in [3.8, 4) is 0 Å². The second kappa shape index (κ2) is 4.93. The molecule has 0 radical (unpaired) electrons. The predicted molar refractivity (Wildman–Crippen MR) is 62.6 cm³/mol. The second-order valence-electron chi connectivity index (χ2n) is 5.78. The highest BCUT2D eigenvalue weighted by atomic mass is 32.2. The summed E-state index contributed by atoms with van der Waals surface area (Å²) in [6.07, 6.45) is -4.53. The first-order valence-electron chi connectivity index (χ1n) is 5.62. The molecule has 5 nitrogen and oxygen atoms in total. The van der Waals surface area contributed by atoms with E-state index >= 15 is 0 Å². The van der Waals surface area contributed by atoms with Crippen molar-refractivity contribution in [1.29, 1.82) is 0 Å². The Morgan fingerprint density at radius 3 is 2.16 bits per heavy atom. The Labute approximate surface area is 110 Å². The van der Waals surface area contributed by atoms with E-state index in [0.29, 0.717) is 4.90 Å². The fraction of sp³-hybridized carbons (Fsp3) is 0.900. The third-order valence-corrected chi connectivity index (χ3v) is 4.63. The lowest BCUT2D eigenvalue weighted by Gasteiger charge is -2.23. The summed E-state index contributed by atoms with van der Waals surface area (Å²) in [5.74, 6) is -1.04. The van der Waals surface area contributed by atoms with Crippen molar-refractivity contribution in [2.24, 2.45) is 5.41 Å². The fourth-order valence-corrected chi connectivity index (χ4v) is 3.65. The first-order valence-corrected chi connectivity index (χ1v) is 7.23. The van der Waals surface area contributed by atoms with Gasteiger partial charge < -0.3 is 4.90 Å². The summed E-state index contributed by atoms with van der Waals surface area (Å²) in [6, 6.07) is 0. The third kappa shape index (κ3) is 4.98. The monoisotopic (exact) mass is 302 g/mol. The van der Waals surface area contributed by atoms with Gasteiger partial charge in [0, 0.05) is 0 Å². The Morgan fingerprint density at radius 1 is 1.21 bits per heavy atom. The van der Waals surface area contributed by atoms with Crippen molar-refractivity contribution in [2.45, 2.75) is 26.9 Å². The average molecular weight is 302 g/mol. The SMILES string of the molecule is CC(C)(C)CS(=O)(=O)N1CC(=O)N(CC(F)(F)F)C1. The topological polar surface area (TPSA) is 57.7 Å². The van der Waals surface area contributed by atoms with Gasteiger partial charge in [0.05, 0.1) is 19.0 Å². The molecule has 0 aromatic carbocycles. The molecule has 9 heteroatoms. The highest BCUT2D eigenvalue weighted by Crippen LogP contribution is 2.23. The molecule has 0 saturated carbocycles. The van der Waals surface area contributed by atoms with Gasteiger partial charge in [0.2, 0.25) is 15.9 Å². The lowest BCUT2D eigenvalue weighted by atomic mass is 10.0. The minimum Gasteiger partial charge on any atom is -0.318 e. The van der Waals surface area contributed by atoms with Crippen LogP contribution >= 0.6 is 0 Å². The number of alkyl halides is 3. The molecule has 1 aliphatic heterocycles. The van der Waals surface area contributed by atoms with E-state index in [-0.39, 0.29) is 5.75 Å². The summed E-state index contributed by atoms with van der Waals surface area (Å²) in [5.41, 5.74) is -0.528. The summed E-state index contributed by atoms with van der Waals surface area (Å²) in [5, 5.41) is 0. The van der Waals surface area contributed by atoms with E-state index in [1.54, 1.807) is 20.8 Å². The first kappa shape index (κ1) is 16.2. The summed E-state index contributed by atoms with van der Waals surface area (Å²) in [7, 11) is -3.74. The molecule has 1 heterocycles. The van der Waals surface area contributed by atoms with Crippen LogP contribution < -0.4 is 0 Å². The van der Waals surface area contributed by atoms with Crippen molar-refractivity contribution in [3.05, 3.63) is 0 Å². The Kier molecular flexibility index (Phi) is 4.21. The molecule has 0 aliphatic carbocycles. The summed E-state index contributed by atoms with van der Waals surface area (Å²) in [6.45, 7) is 2.64. The van der Waals surface area contributed by atoms with Gasteiger partial charge in [0.25, 0.3) is 0 Å². The molecule has 1 saturated heterocycles. The van der Waals surface area contributed by atoms with Gasteiger partial charge in [-0.25, -0.2) is 8.42 Å². The summed E-state index contributed by atoms with van der Waals surface area (Å²) >= 11 is 0. The number of nitrogens with zero attached hydrogens (tertiary/aromatic N) is 2.